The molecule has 0 bridgehead atoms. The van der Waals surface area contributed by atoms with E-state index in [9.17, 15) is 9.59 Å². The second kappa shape index (κ2) is 10.0. The number of nitrogens with one attached hydrogen (secondary N) is 3. The van der Waals surface area contributed by atoms with Crippen molar-refractivity contribution in [3.05, 3.63) is 71.5 Å². The summed E-state index contributed by atoms with van der Waals surface area (Å²) >= 11 is 0. The van der Waals surface area contributed by atoms with Crippen molar-refractivity contribution in [3.8, 4) is 5.75 Å². The molecule has 0 saturated carbocycles. The van der Waals surface area contributed by atoms with E-state index < -0.39 is 17.6 Å². The first-order chi connectivity index (χ1) is 16.7. The van der Waals surface area contributed by atoms with Gasteiger partial charge in [0.05, 0.1) is 12.8 Å². The first-order valence-electron chi connectivity index (χ1n) is 11.4. The minimum absolute atomic E-state index is 0.0587. The number of hydrogen-bond donors (Lipinski definition) is 3. The van der Waals surface area contributed by atoms with Crippen LogP contribution in [0.1, 0.15) is 42.5 Å². The number of para-hydroxylation sites is 2. The lowest BCUT2D eigenvalue weighted by molar-refractivity contribution is 0.0634. The van der Waals surface area contributed by atoms with Crippen LogP contribution in [0.2, 0.25) is 0 Å². The molecule has 0 saturated heterocycles. The van der Waals surface area contributed by atoms with E-state index >= 15 is 0 Å². The molecule has 1 aromatic heterocycles. The zero-order valence-corrected chi connectivity index (χ0v) is 20.2. The lowest BCUT2D eigenvalue weighted by atomic mass is 10.1. The largest absolute Gasteiger partial charge is 0.495 e. The average molecular weight is 476 g/mol. The van der Waals surface area contributed by atoms with Crippen molar-refractivity contribution in [2.75, 3.05) is 17.7 Å². The predicted molar refractivity (Wildman–Crippen MR) is 133 cm³/mol. The van der Waals surface area contributed by atoms with Gasteiger partial charge in [0.15, 0.2) is 0 Å². The van der Waals surface area contributed by atoms with Crippen molar-refractivity contribution in [2.45, 2.75) is 45.3 Å². The van der Waals surface area contributed by atoms with Crippen LogP contribution in [0.3, 0.4) is 0 Å². The van der Waals surface area contributed by atoms with Crippen molar-refractivity contribution < 1.29 is 19.1 Å². The summed E-state index contributed by atoms with van der Waals surface area (Å²) in [7, 11) is 1.56. The van der Waals surface area contributed by atoms with E-state index in [-0.39, 0.29) is 17.7 Å². The molecule has 2 amide bonds. The van der Waals surface area contributed by atoms with E-state index in [1.807, 2.05) is 30.3 Å². The predicted octanol–water partition coefficient (Wildman–Crippen LogP) is 4.47. The van der Waals surface area contributed by atoms with E-state index in [0.29, 0.717) is 17.3 Å². The molecule has 0 aliphatic heterocycles. The minimum Gasteiger partial charge on any atom is -0.495 e. The molecule has 0 fully saturated rings. The molecular formula is C26H29N5O4. The fraction of sp³-hybridized carbons (Fsp3) is 0.308. The molecule has 4 rings (SSSR count). The molecule has 9 heteroatoms. The standard InChI is InChI=1S/C26H29N5O4/c1-26(2,3)35-25(33)31-22-15-21(28-19-11-7-8-12-20(19)34-4)29-23(30-22)24(32)27-18-13-16-9-5-6-10-17(16)14-18/h5-12,15,18H,13-14H2,1-4H3,(H,27,32)(H2,28,29,30,31,33). The molecule has 3 aromatic rings. The van der Waals surface area contributed by atoms with Crippen LogP contribution >= 0.6 is 0 Å². The lowest BCUT2D eigenvalue weighted by Crippen LogP contribution is -2.36. The summed E-state index contributed by atoms with van der Waals surface area (Å²) in [4.78, 5) is 34.1. The highest BCUT2D eigenvalue weighted by molar-refractivity contribution is 5.92. The van der Waals surface area contributed by atoms with E-state index in [1.165, 1.54) is 17.2 Å². The molecule has 1 heterocycles. The molecule has 3 N–H and O–H groups in total. The van der Waals surface area contributed by atoms with Crippen molar-refractivity contribution in [2.24, 2.45) is 0 Å². The summed E-state index contributed by atoms with van der Waals surface area (Å²) in [6.45, 7) is 5.29. The van der Waals surface area contributed by atoms with Crippen molar-refractivity contribution in [1.82, 2.24) is 15.3 Å². The quantitative estimate of drug-likeness (QED) is 0.482. The Balaban J connectivity index is 1.57. The van der Waals surface area contributed by atoms with Gasteiger partial charge in [-0.3, -0.25) is 10.1 Å². The number of ether oxygens (including phenoxy) is 2. The molecule has 1 aliphatic carbocycles. The fourth-order valence-electron chi connectivity index (χ4n) is 3.88. The van der Waals surface area contributed by atoms with Crippen molar-refractivity contribution in [3.63, 3.8) is 0 Å². The van der Waals surface area contributed by atoms with Crippen LogP contribution in [0.4, 0.5) is 22.1 Å². The molecule has 0 radical (unpaired) electrons. The third-order valence-corrected chi connectivity index (χ3v) is 5.31. The highest BCUT2D eigenvalue weighted by Crippen LogP contribution is 2.27. The third-order valence-electron chi connectivity index (χ3n) is 5.31. The van der Waals surface area contributed by atoms with Crippen LogP contribution in [0, 0.1) is 0 Å². The lowest BCUT2D eigenvalue weighted by Gasteiger charge is -2.20. The molecule has 0 spiro atoms. The third kappa shape index (κ3) is 6.26. The molecule has 0 unspecified atom stereocenters. The zero-order valence-electron chi connectivity index (χ0n) is 20.2. The van der Waals surface area contributed by atoms with Crippen LogP contribution in [-0.2, 0) is 17.6 Å². The maximum absolute atomic E-state index is 13.1. The Morgan fingerprint density at radius 1 is 0.943 bits per heavy atom. The van der Waals surface area contributed by atoms with Crippen LogP contribution < -0.4 is 20.7 Å². The van der Waals surface area contributed by atoms with Gasteiger partial charge in [0.2, 0.25) is 5.82 Å². The van der Waals surface area contributed by atoms with E-state index in [1.54, 1.807) is 33.9 Å². The Morgan fingerprint density at radius 2 is 1.57 bits per heavy atom. The number of amides is 2. The Hall–Kier alpha value is -4.14. The number of hydrogen-bond acceptors (Lipinski definition) is 7. The number of aromatic nitrogens is 2. The Bertz CT molecular complexity index is 1210. The SMILES string of the molecule is COc1ccccc1Nc1cc(NC(=O)OC(C)(C)C)nc(C(=O)NC2Cc3ccccc3C2)n1. The maximum Gasteiger partial charge on any atom is 0.413 e. The number of rotatable bonds is 6. The molecular weight excluding hydrogens is 446 g/mol. The monoisotopic (exact) mass is 475 g/mol. The summed E-state index contributed by atoms with van der Waals surface area (Å²) in [6, 6.07) is 16.9. The number of carbonyl (C=O) groups is 2. The topological polar surface area (TPSA) is 114 Å². The molecule has 2 aromatic carbocycles. The Morgan fingerprint density at radius 3 is 2.23 bits per heavy atom. The number of nitrogens with zero attached hydrogens (tertiary/aromatic N) is 2. The van der Waals surface area contributed by atoms with Gasteiger partial charge in [0.25, 0.3) is 5.91 Å². The van der Waals surface area contributed by atoms with Gasteiger partial charge < -0.3 is 20.1 Å². The van der Waals surface area contributed by atoms with Gasteiger partial charge >= 0.3 is 6.09 Å². The maximum atomic E-state index is 13.1. The van der Waals surface area contributed by atoms with Crippen LogP contribution in [0.5, 0.6) is 5.75 Å². The van der Waals surface area contributed by atoms with Crippen molar-refractivity contribution in [1.29, 1.82) is 0 Å². The second-order valence-corrected chi connectivity index (χ2v) is 9.26. The van der Waals surface area contributed by atoms with Crippen LogP contribution in [0.15, 0.2) is 54.6 Å². The minimum atomic E-state index is -0.687. The van der Waals surface area contributed by atoms with Crippen LogP contribution in [-0.4, -0.2) is 40.7 Å². The average Bonchev–Trinajstić information content (AvgIpc) is 3.20. The second-order valence-electron chi connectivity index (χ2n) is 9.26. The van der Waals surface area contributed by atoms with Crippen LogP contribution in [0.25, 0.3) is 0 Å². The van der Waals surface area contributed by atoms with Gasteiger partial charge in [-0.1, -0.05) is 36.4 Å². The van der Waals surface area contributed by atoms with Gasteiger partial charge in [-0.2, -0.15) is 0 Å². The van der Waals surface area contributed by atoms with Gasteiger partial charge in [-0.05, 0) is 56.9 Å². The molecule has 9 nitrogen and oxygen atoms in total. The Kier molecular flexibility index (Phi) is 6.86. The summed E-state index contributed by atoms with van der Waals surface area (Å²) in [5.74, 6) is 0.537. The molecule has 0 atom stereocenters. The molecule has 182 valence electrons. The van der Waals surface area contributed by atoms with E-state index in [4.69, 9.17) is 9.47 Å². The first kappa shape index (κ1) is 24.0. The summed E-state index contributed by atoms with van der Waals surface area (Å²) in [5.41, 5.74) is 2.40. The number of fused-ring (bicyclic) bond motifs is 1. The number of benzene rings is 2. The summed E-state index contributed by atoms with van der Waals surface area (Å²) in [5, 5.41) is 8.75. The number of carbonyl (C=O) groups excluding carboxylic acids is 2. The van der Waals surface area contributed by atoms with Gasteiger partial charge in [0, 0.05) is 12.1 Å². The van der Waals surface area contributed by atoms with Gasteiger partial charge in [0.1, 0.15) is 23.0 Å². The summed E-state index contributed by atoms with van der Waals surface area (Å²) in [6.07, 6.45) is 0.797. The highest BCUT2D eigenvalue weighted by Gasteiger charge is 2.25. The van der Waals surface area contributed by atoms with E-state index in [2.05, 4.69) is 38.1 Å². The highest BCUT2D eigenvalue weighted by atomic mass is 16.6. The molecule has 35 heavy (non-hydrogen) atoms. The Labute approximate surface area is 204 Å². The smallest absolute Gasteiger partial charge is 0.413 e. The fourth-order valence-corrected chi connectivity index (χ4v) is 3.88. The van der Waals surface area contributed by atoms with Crippen molar-refractivity contribution >= 4 is 29.3 Å². The summed E-state index contributed by atoms with van der Waals surface area (Å²) < 4.78 is 10.7. The van der Waals surface area contributed by atoms with E-state index in [0.717, 1.165) is 12.8 Å². The first-order valence-corrected chi connectivity index (χ1v) is 11.4. The molecule has 1 aliphatic rings. The normalized spacial score (nSPS) is 13.0. The van der Waals surface area contributed by atoms with Gasteiger partial charge in [-0.15, -0.1) is 0 Å². The van der Waals surface area contributed by atoms with Gasteiger partial charge in [-0.25, -0.2) is 14.8 Å². The number of anilines is 3. The number of methoxy groups -OCH3 is 1. The zero-order chi connectivity index (χ0) is 25.0.